The Balaban J connectivity index is 0.000000213. The zero-order valence-corrected chi connectivity index (χ0v) is 42.1. The molecule has 2 saturated heterocycles. The second-order valence-corrected chi connectivity index (χ2v) is 19.0. The van der Waals surface area contributed by atoms with E-state index < -0.39 is 22.8 Å². The van der Waals surface area contributed by atoms with Crippen molar-refractivity contribution in [2.24, 2.45) is 0 Å². The number of nitrogens with zero attached hydrogens (tertiary/aromatic N) is 10. The first kappa shape index (κ1) is 51.0. The van der Waals surface area contributed by atoms with E-state index in [0.29, 0.717) is 77.9 Å². The van der Waals surface area contributed by atoms with Crippen molar-refractivity contribution in [3.05, 3.63) is 119 Å². The van der Waals surface area contributed by atoms with Crippen LogP contribution in [0.15, 0.2) is 85.5 Å². The number of aliphatic hydroxyl groups is 1. The third-order valence-corrected chi connectivity index (χ3v) is 12.1. The van der Waals surface area contributed by atoms with Crippen LogP contribution in [0.4, 0.5) is 38.9 Å². The summed E-state index contributed by atoms with van der Waals surface area (Å²) in [5, 5.41) is 11.0. The summed E-state index contributed by atoms with van der Waals surface area (Å²) in [5.74, 6) is 0.287. The van der Waals surface area contributed by atoms with E-state index in [0.717, 1.165) is 11.1 Å². The van der Waals surface area contributed by atoms with Crippen LogP contribution in [0, 0.1) is 27.0 Å². The number of anilines is 4. The molecule has 20 heteroatoms. The average Bonchev–Trinajstić information content (AvgIpc) is 3.62. The summed E-state index contributed by atoms with van der Waals surface area (Å²) >= 11 is 11.6. The summed E-state index contributed by atoms with van der Waals surface area (Å²) in [6, 6.07) is 21.4. The van der Waals surface area contributed by atoms with Gasteiger partial charge in [0, 0.05) is 22.7 Å². The number of amides is 2. The van der Waals surface area contributed by atoms with Gasteiger partial charge in [0.05, 0.1) is 41.6 Å². The number of hydrogen-bond donors (Lipinski definition) is 1. The number of thiocarbonyl (C=S) groups is 2. The van der Waals surface area contributed by atoms with Crippen molar-refractivity contribution >= 4 is 109 Å². The van der Waals surface area contributed by atoms with Gasteiger partial charge in [-0.05, 0) is 159 Å². The van der Waals surface area contributed by atoms with Gasteiger partial charge in [-0.3, -0.25) is 19.4 Å². The summed E-state index contributed by atoms with van der Waals surface area (Å²) in [6.07, 6.45) is 2.01. The summed E-state index contributed by atoms with van der Waals surface area (Å²) in [5.41, 5.74) is 3.88. The van der Waals surface area contributed by atoms with E-state index in [2.05, 4.69) is 29.6 Å². The van der Waals surface area contributed by atoms with Crippen LogP contribution in [0.3, 0.4) is 0 Å². The fraction of sp³-hybridized carbons (Fsp3) is 0.314. The molecule has 2 aromatic heterocycles. The molecule has 0 saturated carbocycles. The second kappa shape index (κ2) is 20.2. The van der Waals surface area contributed by atoms with Gasteiger partial charge in [-0.2, -0.15) is 0 Å². The highest BCUT2D eigenvalue weighted by molar-refractivity contribution is 7.81. The van der Waals surface area contributed by atoms with Crippen LogP contribution in [0.1, 0.15) is 59.6 Å². The predicted molar refractivity (Wildman–Crippen MR) is 278 cm³/mol. The monoisotopic (exact) mass is 994 g/mol. The van der Waals surface area contributed by atoms with Gasteiger partial charge in [-0.1, -0.05) is 12.1 Å². The molecule has 6 aromatic rings. The van der Waals surface area contributed by atoms with Crippen molar-refractivity contribution in [2.75, 3.05) is 46.0 Å². The lowest BCUT2D eigenvalue weighted by atomic mass is 10.0. The normalized spacial score (nSPS) is 15.1. The quantitative estimate of drug-likeness (QED) is 0.0560. The lowest BCUT2D eigenvalue weighted by Crippen LogP contribution is -2.44. The Morgan fingerprint density at radius 2 is 1.07 bits per heavy atom. The van der Waals surface area contributed by atoms with Crippen LogP contribution in [-0.2, 0) is 19.1 Å². The molecule has 0 bridgehead atoms. The number of aliphatic hydroxyl groups excluding tert-OH is 1. The minimum absolute atomic E-state index is 0.0293. The van der Waals surface area contributed by atoms with Crippen LogP contribution < -0.4 is 29.1 Å². The van der Waals surface area contributed by atoms with Gasteiger partial charge in [-0.15, -0.1) is 0 Å². The SMILES string of the molecule is [C-]#[N+]c1ccc(N2C(=O)C(C)(C)N(c3ccc4ncnc(OCCO)c4c3)C2=S)cc1C.[C-]#[N+]c1ccc(N2C(=O)C(C)(C)N(c3ccc4ncnc(OCCOC(=O)OC(C)(C)C)c4c3)C2=S)cc1C. The number of ether oxygens (including phenoxy) is 4. The van der Waals surface area contributed by atoms with Crippen molar-refractivity contribution in [3.63, 3.8) is 0 Å². The van der Waals surface area contributed by atoms with Crippen molar-refractivity contribution in [1.29, 1.82) is 0 Å². The molecular formula is C51H50N10O8S2. The first-order chi connectivity index (χ1) is 33.6. The van der Waals surface area contributed by atoms with E-state index in [1.807, 2.05) is 58.0 Å². The Bertz CT molecular complexity index is 3220. The van der Waals surface area contributed by atoms with E-state index in [1.54, 1.807) is 86.9 Å². The Labute approximate surface area is 421 Å². The molecule has 0 radical (unpaired) electrons. The van der Waals surface area contributed by atoms with Gasteiger partial charge >= 0.3 is 6.16 Å². The van der Waals surface area contributed by atoms with Crippen molar-refractivity contribution in [1.82, 2.24) is 19.9 Å². The molecule has 0 atom stereocenters. The van der Waals surface area contributed by atoms with Crippen molar-refractivity contribution in [3.8, 4) is 11.8 Å². The number of aryl methyl sites for hydroxylation is 2. The second-order valence-electron chi connectivity index (χ2n) is 18.3. The maximum Gasteiger partial charge on any atom is 0.508 e. The van der Waals surface area contributed by atoms with Gasteiger partial charge in [0.1, 0.15) is 49.2 Å². The summed E-state index contributed by atoms with van der Waals surface area (Å²) in [6.45, 7) is 30.7. The molecule has 0 aliphatic carbocycles. The molecule has 71 heavy (non-hydrogen) atoms. The maximum atomic E-state index is 13.6. The highest BCUT2D eigenvalue weighted by Gasteiger charge is 2.51. The number of hydrogen-bond acceptors (Lipinski definition) is 14. The number of benzene rings is 4. The van der Waals surface area contributed by atoms with Crippen LogP contribution in [0.25, 0.3) is 31.5 Å². The van der Waals surface area contributed by atoms with Crippen LogP contribution in [0.5, 0.6) is 11.8 Å². The standard InChI is InChI=1S/C28H29N5O5S.C23H21N5O3S/c1-17-14-18(8-10-21(17)29-7)32-24(34)28(5,6)33(25(32)39)19-9-11-22-20(15-19)23(31-16-30-22)36-12-13-37-26(35)38-27(2,3)4;1-14-11-15(5-7-18(14)24-4)27-21(30)23(2,3)28(22(27)32)16-6-8-19-17(12-16)20(26-13-25-19)31-10-9-29/h8-11,14-16H,12-13H2,1-6H3;5-8,11-13,29H,9-10H2,1-3H3. The average molecular weight is 995 g/mol. The summed E-state index contributed by atoms with van der Waals surface area (Å²) < 4.78 is 21.6. The lowest BCUT2D eigenvalue weighted by Gasteiger charge is -2.29. The predicted octanol–water partition coefficient (Wildman–Crippen LogP) is 9.51. The minimum Gasteiger partial charge on any atom is -0.475 e. The molecule has 2 fully saturated rings. The van der Waals surface area contributed by atoms with Gasteiger partial charge in [0.15, 0.2) is 21.6 Å². The van der Waals surface area contributed by atoms with E-state index in [-0.39, 0.29) is 38.2 Å². The lowest BCUT2D eigenvalue weighted by molar-refractivity contribution is -0.121. The number of carbonyl (C=O) groups is 3. The Hall–Kier alpha value is -7.91. The van der Waals surface area contributed by atoms with Crippen LogP contribution in [0.2, 0.25) is 0 Å². The number of rotatable bonds is 11. The first-order valence-corrected chi connectivity index (χ1v) is 23.0. The van der Waals surface area contributed by atoms with Crippen molar-refractivity contribution in [2.45, 2.75) is 79.0 Å². The molecule has 2 aliphatic heterocycles. The third-order valence-electron chi connectivity index (χ3n) is 11.4. The van der Waals surface area contributed by atoms with Gasteiger partial charge in [-0.25, -0.2) is 34.4 Å². The molecule has 8 rings (SSSR count). The van der Waals surface area contributed by atoms with Gasteiger partial charge in [0.25, 0.3) is 11.8 Å². The highest BCUT2D eigenvalue weighted by Crippen LogP contribution is 2.41. The van der Waals surface area contributed by atoms with E-state index in [9.17, 15) is 14.4 Å². The number of fused-ring (bicyclic) bond motifs is 2. The molecule has 4 heterocycles. The smallest absolute Gasteiger partial charge is 0.475 e. The van der Waals surface area contributed by atoms with Crippen LogP contribution in [-0.4, -0.2) is 96.3 Å². The molecule has 0 unspecified atom stereocenters. The Morgan fingerprint density at radius 3 is 1.46 bits per heavy atom. The minimum atomic E-state index is -0.991. The fourth-order valence-electron chi connectivity index (χ4n) is 7.96. The Kier molecular flexibility index (Phi) is 14.5. The molecule has 4 aromatic carbocycles. The zero-order valence-electron chi connectivity index (χ0n) is 40.5. The van der Waals surface area contributed by atoms with Gasteiger partial charge < -0.3 is 33.9 Å². The largest absolute Gasteiger partial charge is 0.508 e. The topological polar surface area (TPSA) is 182 Å². The van der Waals surface area contributed by atoms with E-state index in [1.165, 1.54) is 22.5 Å². The van der Waals surface area contributed by atoms with Crippen LogP contribution >= 0.6 is 24.4 Å². The van der Waals surface area contributed by atoms with E-state index >= 15 is 0 Å². The Morgan fingerprint density at radius 1 is 0.648 bits per heavy atom. The van der Waals surface area contributed by atoms with Gasteiger partial charge in [0.2, 0.25) is 11.8 Å². The molecule has 2 aliphatic rings. The summed E-state index contributed by atoms with van der Waals surface area (Å²) in [7, 11) is 0. The fourth-order valence-corrected chi connectivity index (χ4v) is 9.00. The maximum absolute atomic E-state index is 13.6. The molecule has 364 valence electrons. The molecule has 18 nitrogen and oxygen atoms in total. The third kappa shape index (κ3) is 10.2. The van der Waals surface area contributed by atoms with E-state index in [4.69, 9.17) is 61.6 Å². The number of carbonyl (C=O) groups excluding carboxylic acids is 3. The highest BCUT2D eigenvalue weighted by atomic mass is 32.1. The summed E-state index contributed by atoms with van der Waals surface area (Å²) in [4.78, 5) is 69.4. The van der Waals surface area contributed by atoms with Crippen molar-refractivity contribution < 1.29 is 38.4 Å². The first-order valence-electron chi connectivity index (χ1n) is 22.2. The number of aromatic nitrogens is 4. The zero-order chi connectivity index (χ0) is 51.6. The molecular weight excluding hydrogens is 945 g/mol. The molecule has 0 spiro atoms. The molecule has 1 N–H and O–H groups in total. The molecule has 2 amide bonds.